The SMILES string of the molecule is C.C.Cc1nc(NC2CC(Cc3ccc(F)c(F)c3)C2)cc2c1NC(=O)[C@H](C)N2C.S. The van der Waals surface area contributed by atoms with Gasteiger partial charge in [0, 0.05) is 19.2 Å². The van der Waals surface area contributed by atoms with Crippen LogP contribution in [0, 0.1) is 24.5 Å². The number of rotatable bonds is 4. The molecule has 0 unspecified atom stereocenters. The number of hydrogen-bond donors (Lipinski definition) is 2. The number of nitrogens with one attached hydrogen (secondary N) is 2. The second kappa shape index (κ2) is 10.3. The normalized spacial score (nSPS) is 21.4. The summed E-state index contributed by atoms with van der Waals surface area (Å²) in [4.78, 5) is 18.6. The number of hydrogen-bond acceptors (Lipinski definition) is 4. The predicted molar refractivity (Wildman–Crippen MR) is 130 cm³/mol. The Kier molecular flexibility index (Phi) is 8.87. The third-order valence-corrected chi connectivity index (χ3v) is 5.86. The molecule has 5 nitrogen and oxygen atoms in total. The number of halogens is 2. The first-order valence-corrected chi connectivity index (χ1v) is 9.57. The first-order valence-electron chi connectivity index (χ1n) is 9.57. The van der Waals surface area contributed by atoms with Gasteiger partial charge in [-0.25, -0.2) is 13.8 Å². The number of aromatic nitrogens is 1. The summed E-state index contributed by atoms with van der Waals surface area (Å²) in [6, 6.07) is 6.18. The van der Waals surface area contributed by atoms with Crippen LogP contribution in [0.5, 0.6) is 0 Å². The number of amides is 1. The first kappa shape index (κ1) is 26.7. The molecule has 172 valence electrons. The van der Waals surface area contributed by atoms with Gasteiger partial charge in [0.15, 0.2) is 11.6 Å². The molecule has 1 saturated carbocycles. The summed E-state index contributed by atoms with van der Waals surface area (Å²) in [6.07, 6.45) is 2.66. The summed E-state index contributed by atoms with van der Waals surface area (Å²) in [5.74, 6) is -0.377. The number of nitrogens with zero attached hydrogens (tertiary/aromatic N) is 2. The van der Waals surface area contributed by atoms with Crippen molar-refractivity contribution < 1.29 is 13.6 Å². The molecule has 2 N–H and O–H groups in total. The molecule has 31 heavy (non-hydrogen) atoms. The van der Waals surface area contributed by atoms with E-state index < -0.39 is 11.6 Å². The van der Waals surface area contributed by atoms with Crippen LogP contribution < -0.4 is 15.5 Å². The Labute approximate surface area is 191 Å². The molecule has 1 aliphatic heterocycles. The van der Waals surface area contributed by atoms with Gasteiger partial charge in [-0.1, -0.05) is 20.9 Å². The maximum absolute atomic E-state index is 13.3. The van der Waals surface area contributed by atoms with Gasteiger partial charge in [0.1, 0.15) is 11.9 Å². The monoisotopic (exact) mass is 452 g/mol. The fourth-order valence-corrected chi connectivity index (χ4v) is 4.00. The number of aryl methyl sites for hydroxylation is 1. The van der Waals surface area contributed by atoms with Gasteiger partial charge in [-0.3, -0.25) is 4.79 Å². The lowest BCUT2D eigenvalue weighted by Crippen LogP contribution is -2.44. The lowest BCUT2D eigenvalue weighted by Gasteiger charge is -2.37. The predicted octanol–water partition coefficient (Wildman–Crippen LogP) is 5.26. The Bertz CT molecular complexity index is 934. The van der Waals surface area contributed by atoms with E-state index in [1.165, 1.54) is 12.1 Å². The van der Waals surface area contributed by atoms with E-state index in [9.17, 15) is 13.6 Å². The van der Waals surface area contributed by atoms with Gasteiger partial charge in [0.05, 0.1) is 17.1 Å². The van der Waals surface area contributed by atoms with Gasteiger partial charge in [-0.05, 0) is 56.7 Å². The molecule has 1 aliphatic carbocycles. The van der Waals surface area contributed by atoms with Gasteiger partial charge in [0.25, 0.3) is 0 Å². The molecular weight excluding hydrogens is 418 g/mol. The fourth-order valence-electron chi connectivity index (χ4n) is 4.00. The molecule has 1 atom stereocenters. The van der Waals surface area contributed by atoms with Gasteiger partial charge in [-0.2, -0.15) is 13.5 Å². The third-order valence-electron chi connectivity index (χ3n) is 5.86. The first-order chi connectivity index (χ1) is 13.3. The average molecular weight is 453 g/mol. The van der Waals surface area contributed by atoms with E-state index in [0.29, 0.717) is 12.0 Å². The highest BCUT2D eigenvalue weighted by atomic mass is 32.1. The minimum absolute atomic E-state index is 0. The topological polar surface area (TPSA) is 57.3 Å². The molecule has 0 radical (unpaired) electrons. The second-order valence-electron chi connectivity index (χ2n) is 7.89. The molecule has 0 saturated heterocycles. The highest BCUT2D eigenvalue weighted by molar-refractivity contribution is 7.59. The molecule has 2 aliphatic rings. The van der Waals surface area contributed by atoms with Gasteiger partial charge in [0.2, 0.25) is 5.91 Å². The third kappa shape index (κ3) is 5.29. The van der Waals surface area contributed by atoms with Gasteiger partial charge < -0.3 is 15.5 Å². The number of anilines is 3. The van der Waals surface area contributed by atoms with Crippen molar-refractivity contribution in [2.45, 2.75) is 60.0 Å². The summed E-state index contributed by atoms with van der Waals surface area (Å²) >= 11 is 0. The molecule has 4 rings (SSSR count). The lowest BCUT2D eigenvalue weighted by molar-refractivity contribution is -0.117. The van der Waals surface area contributed by atoms with Crippen molar-refractivity contribution in [1.82, 2.24) is 4.98 Å². The standard InChI is InChI=1S/C21H24F2N4O.2CH4.H2S/c1-11-20-18(27(3)12(2)21(28)26-20)10-19(24-11)25-15-7-14(8-15)6-13-4-5-16(22)17(23)9-13;;;/h4-5,9-10,12,14-15H,6-8H2,1-3H3,(H,24,25)(H,26,28);2*1H4;1H2/t12-,14?,15?;;;/m0.../s1. The zero-order chi connectivity index (χ0) is 20.0. The molecule has 0 spiro atoms. The van der Waals surface area contributed by atoms with Crippen LogP contribution in [-0.4, -0.2) is 30.0 Å². The number of likely N-dealkylation sites (N-methyl/N-ethyl adjacent to an activating group) is 1. The minimum atomic E-state index is -0.804. The number of benzene rings is 1. The molecule has 1 aromatic carbocycles. The van der Waals surface area contributed by atoms with E-state index in [0.717, 1.165) is 47.7 Å². The molecule has 0 bridgehead atoms. The molecule has 1 fully saturated rings. The number of carbonyl (C=O) groups is 1. The second-order valence-corrected chi connectivity index (χ2v) is 7.89. The summed E-state index contributed by atoms with van der Waals surface area (Å²) in [7, 11) is 1.91. The maximum atomic E-state index is 13.3. The van der Waals surface area contributed by atoms with E-state index in [1.54, 1.807) is 6.07 Å². The molecule has 1 aromatic heterocycles. The molecular formula is C23H34F2N4OS. The van der Waals surface area contributed by atoms with Crippen molar-refractivity contribution in [2.24, 2.45) is 5.92 Å². The smallest absolute Gasteiger partial charge is 0.246 e. The van der Waals surface area contributed by atoms with Crippen molar-refractivity contribution in [1.29, 1.82) is 0 Å². The minimum Gasteiger partial charge on any atom is -0.367 e. The van der Waals surface area contributed by atoms with Crippen molar-refractivity contribution in [3.63, 3.8) is 0 Å². The van der Waals surface area contributed by atoms with Crippen LogP contribution in [0.25, 0.3) is 0 Å². The Morgan fingerprint density at radius 2 is 1.87 bits per heavy atom. The van der Waals surface area contributed by atoms with Crippen LogP contribution in [0.3, 0.4) is 0 Å². The summed E-state index contributed by atoms with van der Waals surface area (Å²) in [5.41, 5.74) is 3.34. The average Bonchev–Trinajstić information content (AvgIpc) is 2.62. The van der Waals surface area contributed by atoms with Crippen LogP contribution in [0.1, 0.15) is 45.9 Å². The van der Waals surface area contributed by atoms with Crippen LogP contribution >= 0.6 is 13.5 Å². The van der Waals surface area contributed by atoms with E-state index in [1.807, 2.05) is 31.9 Å². The van der Waals surface area contributed by atoms with Crippen molar-refractivity contribution in [3.05, 3.63) is 47.2 Å². The fraction of sp³-hybridized carbons (Fsp3) is 0.478. The zero-order valence-corrected chi connectivity index (χ0v) is 17.7. The summed E-state index contributed by atoms with van der Waals surface area (Å²) in [5, 5.41) is 6.40. The molecule has 2 aromatic rings. The Hall–Kier alpha value is -2.35. The quantitative estimate of drug-likeness (QED) is 0.664. The number of carbonyl (C=O) groups excluding carboxylic acids is 1. The van der Waals surface area contributed by atoms with Gasteiger partial charge >= 0.3 is 0 Å². The van der Waals surface area contributed by atoms with Crippen LogP contribution in [0.15, 0.2) is 24.3 Å². The Morgan fingerprint density at radius 3 is 2.52 bits per heavy atom. The lowest BCUT2D eigenvalue weighted by atomic mass is 9.76. The Balaban J connectivity index is 0.00000160. The van der Waals surface area contributed by atoms with E-state index in [-0.39, 0.29) is 40.3 Å². The Morgan fingerprint density at radius 1 is 1.19 bits per heavy atom. The largest absolute Gasteiger partial charge is 0.367 e. The van der Waals surface area contributed by atoms with Crippen LogP contribution in [-0.2, 0) is 11.2 Å². The summed E-state index contributed by atoms with van der Waals surface area (Å²) < 4.78 is 26.4. The molecule has 1 amide bonds. The molecule has 8 heteroatoms. The van der Waals surface area contributed by atoms with E-state index in [4.69, 9.17) is 0 Å². The highest BCUT2D eigenvalue weighted by Crippen LogP contribution is 2.37. The van der Waals surface area contributed by atoms with E-state index >= 15 is 0 Å². The zero-order valence-electron chi connectivity index (χ0n) is 16.7. The number of fused-ring (bicyclic) bond motifs is 1. The highest BCUT2D eigenvalue weighted by Gasteiger charge is 2.32. The van der Waals surface area contributed by atoms with E-state index in [2.05, 4.69) is 15.6 Å². The van der Waals surface area contributed by atoms with Crippen molar-refractivity contribution in [2.75, 3.05) is 22.6 Å². The van der Waals surface area contributed by atoms with Crippen LogP contribution in [0.4, 0.5) is 26.0 Å². The van der Waals surface area contributed by atoms with Crippen molar-refractivity contribution in [3.8, 4) is 0 Å². The van der Waals surface area contributed by atoms with Crippen LogP contribution in [0.2, 0.25) is 0 Å². The van der Waals surface area contributed by atoms with Crippen molar-refractivity contribution >= 4 is 36.6 Å². The summed E-state index contributed by atoms with van der Waals surface area (Å²) in [6.45, 7) is 3.76. The molecule has 2 heterocycles. The van der Waals surface area contributed by atoms with Gasteiger partial charge in [-0.15, -0.1) is 0 Å². The number of pyridine rings is 1. The maximum Gasteiger partial charge on any atom is 0.246 e.